The van der Waals surface area contributed by atoms with E-state index in [-0.39, 0.29) is 0 Å². The lowest BCUT2D eigenvalue weighted by Crippen LogP contribution is -2.08. The Kier molecular flexibility index (Phi) is 3.75. The van der Waals surface area contributed by atoms with Crippen molar-refractivity contribution in [3.8, 4) is 0 Å². The third kappa shape index (κ3) is 2.23. The van der Waals surface area contributed by atoms with Gasteiger partial charge in [-0.15, -0.1) is 0 Å². The SMILES string of the molecule is CCCc1nc(Cl)c(CCN)n1C. The lowest BCUT2D eigenvalue weighted by Gasteiger charge is -2.03. The van der Waals surface area contributed by atoms with Crippen molar-refractivity contribution in [1.29, 1.82) is 0 Å². The molecule has 0 atom stereocenters. The fraction of sp³-hybridized carbons (Fsp3) is 0.667. The summed E-state index contributed by atoms with van der Waals surface area (Å²) < 4.78 is 2.05. The summed E-state index contributed by atoms with van der Waals surface area (Å²) in [5.41, 5.74) is 6.53. The van der Waals surface area contributed by atoms with E-state index in [1.807, 2.05) is 7.05 Å². The van der Waals surface area contributed by atoms with Crippen molar-refractivity contribution in [2.45, 2.75) is 26.2 Å². The Labute approximate surface area is 83.9 Å². The molecule has 0 aliphatic rings. The van der Waals surface area contributed by atoms with Gasteiger partial charge in [-0.3, -0.25) is 0 Å². The molecule has 0 aromatic carbocycles. The molecule has 0 unspecified atom stereocenters. The van der Waals surface area contributed by atoms with Gasteiger partial charge >= 0.3 is 0 Å². The van der Waals surface area contributed by atoms with Crippen molar-refractivity contribution in [2.75, 3.05) is 6.54 Å². The van der Waals surface area contributed by atoms with Crippen LogP contribution in [0.3, 0.4) is 0 Å². The first-order valence-corrected chi connectivity index (χ1v) is 4.98. The van der Waals surface area contributed by atoms with Gasteiger partial charge in [-0.05, 0) is 13.0 Å². The Morgan fingerprint density at radius 3 is 2.69 bits per heavy atom. The van der Waals surface area contributed by atoms with Crippen LogP contribution in [-0.2, 0) is 19.9 Å². The molecular formula is C9H16ClN3. The first-order chi connectivity index (χ1) is 6.20. The van der Waals surface area contributed by atoms with Gasteiger partial charge in [0.15, 0.2) is 5.15 Å². The fourth-order valence-electron chi connectivity index (χ4n) is 1.40. The van der Waals surface area contributed by atoms with Gasteiger partial charge in [0.05, 0.1) is 5.69 Å². The van der Waals surface area contributed by atoms with E-state index >= 15 is 0 Å². The van der Waals surface area contributed by atoms with E-state index in [4.69, 9.17) is 17.3 Å². The molecule has 13 heavy (non-hydrogen) atoms. The quantitative estimate of drug-likeness (QED) is 0.803. The highest BCUT2D eigenvalue weighted by molar-refractivity contribution is 6.30. The summed E-state index contributed by atoms with van der Waals surface area (Å²) in [6.45, 7) is 2.75. The first-order valence-electron chi connectivity index (χ1n) is 4.60. The second kappa shape index (κ2) is 4.63. The highest BCUT2D eigenvalue weighted by atomic mass is 35.5. The summed E-state index contributed by atoms with van der Waals surface area (Å²) in [4.78, 5) is 4.29. The number of hydrogen-bond acceptors (Lipinski definition) is 2. The van der Waals surface area contributed by atoms with Crippen molar-refractivity contribution >= 4 is 11.6 Å². The Morgan fingerprint density at radius 2 is 2.15 bits per heavy atom. The van der Waals surface area contributed by atoms with E-state index in [1.165, 1.54) is 0 Å². The van der Waals surface area contributed by atoms with Crippen LogP contribution in [0.4, 0.5) is 0 Å². The second-order valence-corrected chi connectivity index (χ2v) is 3.47. The molecule has 0 bridgehead atoms. The molecule has 0 spiro atoms. The maximum atomic E-state index is 5.98. The maximum Gasteiger partial charge on any atom is 0.150 e. The molecule has 0 aliphatic heterocycles. The molecule has 1 rings (SSSR count). The molecule has 3 nitrogen and oxygen atoms in total. The predicted molar refractivity (Wildman–Crippen MR) is 55.0 cm³/mol. The van der Waals surface area contributed by atoms with E-state index in [9.17, 15) is 0 Å². The van der Waals surface area contributed by atoms with Crippen LogP contribution in [0.2, 0.25) is 5.15 Å². The zero-order chi connectivity index (χ0) is 9.84. The van der Waals surface area contributed by atoms with E-state index in [1.54, 1.807) is 0 Å². The summed E-state index contributed by atoms with van der Waals surface area (Å²) in [5, 5.41) is 0.608. The van der Waals surface area contributed by atoms with Gasteiger partial charge in [-0.1, -0.05) is 18.5 Å². The van der Waals surface area contributed by atoms with E-state index in [0.29, 0.717) is 11.7 Å². The first kappa shape index (κ1) is 10.5. The number of nitrogens with two attached hydrogens (primary N) is 1. The molecule has 0 saturated carbocycles. The van der Waals surface area contributed by atoms with Gasteiger partial charge in [0.25, 0.3) is 0 Å². The molecule has 0 amide bonds. The third-order valence-electron chi connectivity index (χ3n) is 2.11. The van der Waals surface area contributed by atoms with Crippen molar-refractivity contribution in [1.82, 2.24) is 9.55 Å². The van der Waals surface area contributed by atoms with Crippen LogP contribution in [0, 0.1) is 0 Å². The maximum absolute atomic E-state index is 5.98. The van der Waals surface area contributed by atoms with E-state index in [2.05, 4.69) is 16.5 Å². The molecule has 2 N–H and O–H groups in total. The van der Waals surface area contributed by atoms with Crippen LogP contribution < -0.4 is 5.73 Å². The van der Waals surface area contributed by atoms with Crippen LogP contribution in [-0.4, -0.2) is 16.1 Å². The second-order valence-electron chi connectivity index (χ2n) is 3.11. The molecule has 0 radical (unpaired) electrons. The molecule has 4 heteroatoms. The lowest BCUT2D eigenvalue weighted by molar-refractivity contribution is 0.723. The Hall–Kier alpha value is -0.540. The topological polar surface area (TPSA) is 43.8 Å². The monoisotopic (exact) mass is 201 g/mol. The Balaban J connectivity index is 2.92. The van der Waals surface area contributed by atoms with Gasteiger partial charge in [0.1, 0.15) is 5.82 Å². The number of nitrogens with zero attached hydrogens (tertiary/aromatic N) is 2. The highest BCUT2D eigenvalue weighted by Gasteiger charge is 2.10. The van der Waals surface area contributed by atoms with E-state index in [0.717, 1.165) is 30.8 Å². The lowest BCUT2D eigenvalue weighted by atomic mass is 10.3. The highest BCUT2D eigenvalue weighted by Crippen LogP contribution is 2.17. The molecule has 0 fully saturated rings. The molecule has 0 saturated heterocycles. The van der Waals surface area contributed by atoms with Gasteiger partial charge in [-0.25, -0.2) is 4.98 Å². The van der Waals surface area contributed by atoms with Crippen LogP contribution in [0.25, 0.3) is 0 Å². The average Bonchev–Trinajstić information content (AvgIpc) is 2.34. The minimum absolute atomic E-state index is 0.608. The van der Waals surface area contributed by atoms with Crippen molar-refractivity contribution in [3.05, 3.63) is 16.7 Å². The van der Waals surface area contributed by atoms with Crippen LogP contribution in [0.1, 0.15) is 24.9 Å². The van der Waals surface area contributed by atoms with Gasteiger partial charge in [0, 0.05) is 19.9 Å². The van der Waals surface area contributed by atoms with Gasteiger partial charge in [-0.2, -0.15) is 0 Å². The summed E-state index contributed by atoms with van der Waals surface area (Å²) >= 11 is 5.98. The smallest absolute Gasteiger partial charge is 0.150 e. The van der Waals surface area contributed by atoms with Crippen LogP contribution >= 0.6 is 11.6 Å². The zero-order valence-electron chi connectivity index (χ0n) is 8.18. The summed E-state index contributed by atoms with van der Waals surface area (Å²) in [7, 11) is 1.99. The molecular weight excluding hydrogens is 186 g/mol. The van der Waals surface area contributed by atoms with Gasteiger partial charge in [0.2, 0.25) is 0 Å². The van der Waals surface area contributed by atoms with Crippen molar-refractivity contribution in [3.63, 3.8) is 0 Å². The summed E-state index contributed by atoms with van der Waals surface area (Å²) in [6.07, 6.45) is 2.86. The molecule has 1 aromatic rings. The Morgan fingerprint density at radius 1 is 1.46 bits per heavy atom. The number of imidazole rings is 1. The number of aromatic nitrogens is 2. The third-order valence-corrected chi connectivity index (χ3v) is 2.41. The summed E-state index contributed by atoms with van der Waals surface area (Å²) in [5.74, 6) is 1.05. The Bertz CT molecular complexity index is 281. The normalized spacial score (nSPS) is 10.8. The number of rotatable bonds is 4. The standard InChI is InChI=1S/C9H16ClN3/c1-3-4-8-12-9(10)7(5-6-11)13(8)2/h3-6,11H2,1-2H3. The molecule has 1 aromatic heterocycles. The number of aryl methyl sites for hydroxylation is 1. The minimum Gasteiger partial charge on any atom is -0.334 e. The summed E-state index contributed by atoms with van der Waals surface area (Å²) in [6, 6.07) is 0. The molecule has 0 aliphatic carbocycles. The van der Waals surface area contributed by atoms with Crippen LogP contribution in [0.15, 0.2) is 0 Å². The van der Waals surface area contributed by atoms with E-state index < -0.39 is 0 Å². The largest absolute Gasteiger partial charge is 0.334 e. The average molecular weight is 202 g/mol. The van der Waals surface area contributed by atoms with Crippen LogP contribution in [0.5, 0.6) is 0 Å². The van der Waals surface area contributed by atoms with Gasteiger partial charge < -0.3 is 10.3 Å². The zero-order valence-corrected chi connectivity index (χ0v) is 8.93. The van der Waals surface area contributed by atoms with Crippen molar-refractivity contribution in [2.24, 2.45) is 12.8 Å². The molecule has 74 valence electrons. The number of halogens is 1. The van der Waals surface area contributed by atoms with Crippen molar-refractivity contribution < 1.29 is 0 Å². The minimum atomic E-state index is 0.608. The predicted octanol–water partition coefficient (Wildman–Crippen LogP) is 1.53. The number of hydrogen-bond donors (Lipinski definition) is 1. The molecule has 1 heterocycles. The fourth-order valence-corrected chi connectivity index (χ4v) is 1.72.